The molecule has 3 heterocycles. The SMILES string of the molecule is C=C1C=C[C@@]2(C)C(=C1)[C@@H](F)C[C@H]1[C@@H]3C[C@H]4OC(CCC)O[C@@]4(C(=O)CNC(=O)[C@H](C)NC(=O)[C@@H](NC(=O)[C@@H](CCCCNC(=O)COC4CCCCCC(=N[C@@H]5O[C@H](CO)[C@H](O)[C@H](O)[C@H]5O)C4=NN)NC(=O)CCOCCOCCOCCOCCN4C(=O)C=CC4=O)C(C)C)[C@@]3(C)C[C@H](O)[C@@]12F. The number of imide groups is 1. The summed E-state index contributed by atoms with van der Waals surface area (Å²) >= 11 is 0. The van der Waals surface area contributed by atoms with E-state index in [1.165, 1.54) is 19.1 Å². The van der Waals surface area contributed by atoms with Crippen molar-refractivity contribution in [2.24, 2.45) is 44.5 Å². The second-order valence-corrected chi connectivity index (χ2v) is 28.6. The topological polar surface area (TPSA) is 426 Å². The Morgan fingerprint density at radius 3 is 2.15 bits per heavy atom. The summed E-state index contributed by atoms with van der Waals surface area (Å²) in [6.07, 6.45) is -2.13. The van der Waals surface area contributed by atoms with Crippen molar-refractivity contribution in [1.82, 2.24) is 31.5 Å². The van der Waals surface area contributed by atoms with E-state index in [9.17, 15) is 59.1 Å². The summed E-state index contributed by atoms with van der Waals surface area (Å²) in [5.41, 5.74) is -5.70. The molecular weight excluding hydrogens is 1350 g/mol. The minimum Gasteiger partial charge on any atom is -0.394 e. The Hall–Kier alpha value is -6.40. The molecule has 5 aliphatic carbocycles. The molecule has 2 unspecified atom stereocenters. The van der Waals surface area contributed by atoms with Crippen LogP contribution >= 0.6 is 0 Å². The zero-order chi connectivity index (χ0) is 75.0. The number of Topliss-reactive ketones (excluding diaryl/α,β-unsaturated/α-hetero) is 1. The zero-order valence-corrected chi connectivity index (χ0v) is 59.9. The Morgan fingerprint density at radius 2 is 1.49 bits per heavy atom. The maximum atomic E-state index is 18.2. The molecule has 0 aromatic heterocycles. The van der Waals surface area contributed by atoms with Crippen molar-refractivity contribution in [2.45, 2.75) is 222 Å². The van der Waals surface area contributed by atoms with Crippen LogP contribution in [0.2, 0.25) is 0 Å². The molecule has 0 bridgehead atoms. The number of aliphatic hydroxyl groups excluding tert-OH is 5. The number of hydrazone groups is 1. The summed E-state index contributed by atoms with van der Waals surface area (Å²) in [6.45, 7) is 13.8. The summed E-state index contributed by atoms with van der Waals surface area (Å²) in [6, 6.07) is -3.76. The van der Waals surface area contributed by atoms with E-state index in [1.807, 2.05) is 6.92 Å². The lowest BCUT2D eigenvalue weighted by Gasteiger charge is -2.63. The van der Waals surface area contributed by atoms with Crippen molar-refractivity contribution >= 4 is 58.6 Å². The molecule has 30 nitrogen and oxygen atoms in total. The van der Waals surface area contributed by atoms with Gasteiger partial charge in [-0.05, 0) is 101 Å². The molecule has 2 saturated heterocycles. The highest BCUT2D eigenvalue weighted by molar-refractivity contribution is 6.44. The van der Waals surface area contributed by atoms with Crippen LogP contribution < -0.4 is 32.4 Å². The number of alkyl halides is 2. The number of nitrogens with two attached hydrogens (primary N) is 1. The van der Waals surface area contributed by atoms with Crippen LogP contribution in [0.5, 0.6) is 0 Å². The highest BCUT2D eigenvalue weighted by Crippen LogP contribution is 2.72. The number of fused-ring (bicyclic) bond motifs is 7. The lowest BCUT2D eigenvalue weighted by atomic mass is 9.44. The van der Waals surface area contributed by atoms with Gasteiger partial charge in [-0.25, -0.2) is 8.78 Å². The minimum atomic E-state index is -2.33. The molecule has 19 atom stereocenters. The van der Waals surface area contributed by atoms with Gasteiger partial charge in [0.1, 0.15) is 67.1 Å². The van der Waals surface area contributed by atoms with Crippen molar-refractivity contribution in [3.05, 3.63) is 48.1 Å². The van der Waals surface area contributed by atoms with Gasteiger partial charge in [-0.1, -0.05) is 71.8 Å². The molecule has 0 aromatic carbocycles. The first-order chi connectivity index (χ1) is 49.1. The molecule has 0 radical (unpaired) electrons. The summed E-state index contributed by atoms with van der Waals surface area (Å²) in [7, 11) is 0. The molecule has 576 valence electrons. The molecule has 32 heteroatoms. The first-order valence-corrected chi connectivity index (χ1v) is 36.1. The molecule has 12 N–H and O–H groups in total. The van der Waals surface area contributed by atoms with E-state index in [2.05, 4.69) is 43.3 Å². The molecule has 0 spiro atoms. The summed E-state index contributed by atoms with van der Waals surface area (Å²) in [5.74, 6) is -1.18. The monoisotopic (exact) mass is 1460 g/mol. The number of hydrogen-bond acceptors (Lipinski definition) is 24. The number of nitrogens with zero attached hydrogens (tertiary/aromatic N) is 3. The van der Waals surface area contributed by atoms with Gasteiger partial charge in [0, 0.05) is 41.9 Å². The minimum absolute atomic E-state index is 0.0333. The van der Waals surface area contributed by atoms with Crippen molar-refractivity contribution < 1.29 is 111 Å². The maximum absolute atomic E-state index is 18.2. The summed E-state index contributed by atoms with van der Waals surface area (Å²) < 4.78 is 81.4. The van der Waals surface area contributed by atoms with Gasteiger partial charge >= 0.3 is 0 Å². The average molecular weight is 1460 g/mol. The van der Waals surface area contributed by atoms with Crippen LogP contribution in [0, 0.1) is 28.6 Å². The normalized spacial score (nSPS) is 33.5. The number of nitrogens with one attached hydrogen (secondary N) is 5. The Balaban J connectivity index is 0.839. The van der Waals surface area contributed by atoms with Gasteiger partial charge in [-0.2, -0.15) is 5.10 Å². The van der Waals surface area contributed by atoms with Crippen LogP contribution in [0.3, 0.4) is 0 Å². The van der Waals surface area contributed by atoms with E-state index in [0.717, 1.165) is 11.3 Å². The molecule has 3 aliphatic heterocycles. The number of ether oxygens (including phenoxy) is 8. The molecule has 103 heavy (non-hydrogen) atoms. The summed E-state index contributed by atoms with van der Waals surface area (Å²) in [4.78, 5) is 113. The van der Waals surface area contributed by atoms with Crippen LogP contribution in [0.25, 0.3) is 0 Å². The number of amides is 7. The highest BCUT2D eigenvalue weighted by atomic mass is 19.1. The number of unbranched alkanes of at least 4 members (excludes halogenated alkanes) is 1. The predicted molar refractivity (Wildman–Crippen MR) is 366 cm³/mol. The van der Waals surface area contributed by atoms with Crippen molar-refractivity contribution in [1.29, 1.82) is 0 Å². The quantitative estimate of drug-likeness (QED) is 0.0175. The zero-order valence-electron chi connectivity index (χ0n) is 59.9. The van der Waals surface area contributed by atoms with Crippen LogP contribution in [0.4, 0.5) is 8.78 Å². The number of hydrogen-bond donors (Lipinski definition) is 11. The fourth-order valence-electron chi connectivity index (χ4n) is 15.8. The maximum Gasteiger partial charge on any atom is 0.253 e. The lowest BCUT2D eigenvalue weighted by Crippen LogP contribution is -2.71. The Kier molecular flexibility index (Phi) is 29.7. The van der Waals surface area contributed by atoms with Crippen molar-refractivity contribution in [3.63, 3.8) is 0 Å². The Labute approximate surface area is 599 Å². The Morgan fingerprint density at radius 1 is 0.806 bits per heavy atom. The van der Waals surface area contributed by atoms with Crippen LogP contribution in [0.1, 0.15) is 131 Å². The molecule has 7 amide bonds. The van der Waals surface area contributed by atoms with Gasteiger partial charge in [0.25, 0.3) is 11.8 Å². The molecular formula is C71H107F2N9O21. The third-order valence-electron chi connectivity index (χ3n) is 21.4. The van der Waals surface area contributed by atoms with Gasteiger partial charge in [0.15, 0.2) is 29.6 Å². The van der Waals surface area contributed by atoms with E-state index < -0.39 is 174 Å². The fraction of sp³-hybridized carbons (Fsp3) is 0.746. The van der Waals surface area contributed by atoms with Crippen molar-refractivity contribution in [2.75, 3.05) is 85.7 Å². The third kappa shape index (κ3) is 18.9. The summed E-state index contributed by atoms with van der Waals surface area (Å²) in [5, 5.41) is 70.7. The first-order valence-electron chi connectivity index (χ1n) is 36.1. The van der Waals surface area contributed by atoms with Crippen molar-refractivity contribution in [3.8, 4) is 0 Å². The number of halogens is 2. The van der Waals surface area contributed by atoms with E-state index in [1.54, 1.807) is 45.9 Å². The van der Waals surface area contributed by atoms with Gasteiger partial charge < -0.3 is 95.9 Å². The lowest BCUT2D eigenvalue weighted by molar-refractivity contribution is -0.233. The van der Waals surface area contributed by atoms with Gasteiger partial charge in [0.05, 0.1) is 90.5 Å². The third-order valence-corrected chi connectivity index (χ3v) is 21.4. The van der Waals surface area contributed by atoms with Gasteiger partial charge in [-0.15, -0.1) is 0 Å². The second kappa shape index (κ2) is 37.2. The number of carbonyl (C=O) groups is 8. The smallest absolute Gasteiger partial charge is 0.253 e. The molecule has 8 rings (SSSR count). The highest BCUT2D eigenvalue weighted by Gasteiger charge is 2.80. The fourth-order valence-corrected chi connectivity index (χ4v) is 15.8. The van der Waals surface area contributed by atoms with Crippen LogP contribution in [0.15, 0.2) is 58.2 Å². The molecule has 4 saturated carbocycles. The number of aliphatic imine (C=N–C) groups is 1. The number of ketones is 1. The van der Waals surface area contributed by atoms with E-state index in [4.69, 9.17) is 43.7 Å². The predicted octanol–water partition coefficient (Wildman–Crippen LogP) is 0.571. The number of rotatable bonds is 37. The molecule has 0 aromatic rings. The second-order valence-electron chi connectivity index (χ2n) is 28.6. The largest absolute Gasteiger partial charge is 0.394 e. The first kappa shape index (κ1) is 82.3. The van der Waals surface area contributed by atoms with E-state index in [-0.39, 0.29) is 128 Å². The molecule has 8 aliphatic rings. The number of carbonyl (C=O) groups excluding carboxylic acids is 8. The van der Waals surface area contributed by atoms with E-state index >= 15 is 13.6 Å². The van der Waals surface area contributed by atoms with Gasteiger partial charge in [0.2, 0.25) is 29.5 Å². The van der Waals surface area contributed by atoms with Gasteiger partial charge in [-0.3, -0.25) is 48.2 Å². The van der Waals surface area contributed by atoms with E-state index in [0.29, 0.717) is 56.2 Å². The van der Waals surface area contributed by atoms with Crippen LogP contribution in [-0.2, 0) is 76.3 Å². The van der Waals surface area contributed by atoms with Crippen LogP contribution in [-0.4, -0.2) is 266 Å². The molecule has 6 fully saturated rings. The number of aliphatic hydroxyl groups is 5. The standard InChI is InChI=1S/C71H107F2N9O21/c1-8-14-58-102-53-35-43-44-34-46(72)45-33-41(4)20-22-68(45,6)70(44,73)51(84)36-69(43,7)71(53,103-58)52(85)37-76-64(93)42(5)77-66(95)59(40(2)3)80-65(94)48(78-54(86)21-25-96-27-29-98-31-32-99-30-28-97-26-24-82-56(88)18-19-57(82)89)16-12-13-23-75-55(87)39-100-49-17-11-9-10-15-47(60(49)81-74)79-67-63(92)62(91)61(90)50(38-83)101-67/h18-20,22,33,40,42-44,46,48-51,53,58-59,61-63,67,83-84,90-92H,4,8-17,21,23-32,34-39,74H2,1-3,5-7H3,(H,75,87)(H,76,93)(H,77,95)(H,78,86)(H,80,94)/t42-,43-,44-,46-,48+,49?,50+,51-,53+,58?,59-,61-,62-,63+,67+,68-,69-,70-,71+/m0/s1. The average Bonchev–Trinajstić information content (AvgIpc) is 1.56. The number of allylic oxidation sites excluding steroid dienone is 5. The Bertz CT molecular complexity index is 3160.